The third-order valence-electron chi connectivity index (χ3n) is 6.76. The molecule has 4 rings (SSSR count). The van der Waals surface area contributed by atoms with Crippen molar-refractivity contribution in [3.63, 3.8) is 0 Å². The van der Waals surface area contributed by atoms with Crippen molar-refractivity contribution in [1.82, 2.24) is 10.2 Å². The van der Waals surface area contributed by atoms with Gasteiger partial charge < -0.3 is 10.2 Å². The Balaban J connectivity index is 1.80. The molecule has 0 radical (unpaired) electrons. The number of hydrogen-bond donors (Lipinski definition) is 1. The van der Waals surface area contributed by atoms with Crippen molar-refractivity contribution in [1.29, 1.82) is 0 Å². The van der Waals surface area contributed by atoms with Gasteiger partial charge in [-0.2, -0.15) is 0 Å². The molecular weight excluding hydrogens is 617 g/mol. The molecule has 0 heterocycles. The molecule has 0 saturated heterocycles. The number of anilines is 1. The lowest BCUT2D eigenvalue weighted by Crippen LogP contribution is -2.56. The number of rotatable bonds is 11. The largest absolute Gasteiger partial charge is 0.350 e. The van der Waals surface area contributed by atoms with Crippen LogP contribution in [0.2, 0.25) is 10.0 Å². The molecule has 10 heteroatoms. The summed E-state index contributed by atoms with van der Waals surface area (Å²) in [6, 6.07) is 29.6. The average Bonchev–Trinajstić information content (AvgIpc) is 2.99. The van der Waals surface area contributed by atoms with E-state index < -0.39 is 34.1 Å². The fourth-order valence-electron chi connectivity index (χ4n) is 4.65. The maximum absolute atomic E-state index is 14.4. The Morgan fingerprint density at radius 3 is 1.82 bits per heavy atom. The number of benzene rings is 4. The first-order valence-corrected chi connectivity index (χ1v) is 16.3. The highest BCUT2D eigenvalue weighted by molar-refractivity contribution is 7.92. The molecule has 1 atom stereocenters. The van der Waals surface area contributed by atoms with Gasteiger partial charge in [-0.3, -0.25) is 13.9 Å². The van der Waals surface area contributed by atoms with Crippen LogP contribution < -0.4 is 9.62 Å². The molecule has 0 aromatic heterocycles. The van der Waals surface area contributed by atoms with Gasteiger partial charge >= 0.3 is 0 Å². The summed E-state index contributed by atoms with van der Waals surface area (Å²) in [7, 11) is -4.18. The van der Waals surface area contributed by atoms with Crippen LogP contribution in [0.25, 0.3) is 0 Å². The molecule has 2 amide bonds. The fraction of sp³-hybridized carbons (Fsp3) is 0.235. The molecule has 4 aromatic rings. The van der Waals surface area contributed by atoms with Crippen molar-refractivity contribution in [3.05, 3.63) is 130 Å². The summed E-state index contributed by atoms with van der Waals surface area (Å²) in [5, 5.41) is 3.96. The van der Waals surface area contributed by atoms with Gasteiger partial charge in [0.15, 0.2) is 0 Å². The van der Waals surface area contributed by atoms with Crippen LogP contribution >= 0.6 is 23.2 Å². The van der Waals surface area contributed by atoms with Crippen molar-refractivity contribution in [2.24, 2.45) is 0 Å². The summed E-state index contributed by atoms with van der Waals surface area (Å²) in [6.45, 7) is 5.09. The highest BCUT2D eigenvalue weighted by Crippen LogP contribution is 2.26. The maximum atomic E-state index is 14.4. The summed E-state index contributed by atoms with van der Waals surface area (Å²) in [5.74, 6) is -0.910. The molecule has 7 nitrogen and oxygen atoms in total. The Morgan fingerprint density at radius 2 is 1.27 bits per heavy atom. The number of hydrogen-bond acceptors (Lipinski definition) is 4. The smallest absolute Gasteiger partial charge is 0.264 e. The van der Waals surface area contributed by atoms with E-state index in [-0.39, 0.29) is 29.5 Å². The van der Waals surface area contributed by atoms with Crippen molar-refractivity contribution in [2.75, 3.05) is 10.8 Å². The number of nitrogens with zero attached hydrogens (tertiary/aromatic N) is 2. The number of carbonyl (C=O) groups is 2. The predicted molar refractivity (Wildman–Crippen MR) is 176 cm³/mol. The topological polar surface area (TPSA) is 86.8 Å². The second-order valence-electron chi connectivity index (χ2n) is 11.4. The van der Waals surface area contributed by atoms with Crippen LogP contribution in [0.5, 0.6) is 0 Å². The second-order valence-corrected chi connectivity index (χ2v) is 14.1. The monoisotopic (exact) mass is 651 g/mol. The molecule has 0 aliphatic rings. The van der Waals surface area contributed by atoms with Gasteiger partial charge in [0.25, 0.3) is 10.0 Å². The van der Waals surface area contributed by atoms with Crippen molar-refractivity contribution >= 4 is 50.7 Å². The first kappa shape index (κ1) is 33.1. The van der Waals surface area contributed by atoms with E-state index in [9.17, 15) is 18.0 Å². The molecule has 0 saturated carbocycles. The highest BCUT2D eigenvalue weighted by atomic mass is 35.5. The van der Waals surface area contributed by atoms with Crippen LogP contribution in [0, 0.1) is 0 Å². The van der Waals surface area contributed by atoms with Gasteiger partial charge in [-0.15, -0.1) is 0 Å². The van der Waals surface area contributed by atoms with Gasteiger partial charge in [0.2, 0.25) is 11.8 Å². The van der Waals surface area contributed by atoms with Gasteiger partial charge in [-0.1, -0.05) is 83.9 Å². The minimum absolute atomic E-state index is 0.0262. The van der Waals surface area contributed by atoms with Crippen LogP contribution in [-0.2, 0) is 32.6 Å². The number of halogens is 2. The van der Waals surface area contributed by atoms with E-state index in [1.165, 1.54) is 17.0 Å². The van der Waals surface area contributed by atoms with E-state index in [4.69, 9.17) is 23.2 Å². The van der Waals surface area contributed by atoms with E-state index in [0.717, 1.165) is 15.4 Å². The predicted octanol–water partition coefficient (Wildman–Crippen LogP) is 6.74. The zero-order valence-corrected chi connectivity index (χ0v) is 27.1. The number of sulfonamides is 1. The molecule has 4 aromatic carbocycles. The van der Waals surface area contributed by atoms with Crippen LogP contribution in [0.4, 0.5) is 5.69 Å². The fourth-order valence-corrected chi connectivity index (χ4v) is 6.34. The van der Waals surface area contributed by atoms with Crippen molar-refractivity contribution in [2.45, 2.75) is 50.2 Å². The quantitative estimate of drug-likeness (QED) is 0.194. The molecule has 0 fully saturated rings. The zero-order valence-electron chi connectivity index (χ0n) is 24.8. The van der Waals surface area contributed by atoms with Crippen LogP contribution in [-0.4, -0.2) is 43.3 Å². The first-order chi connectivity index (χ1) is 20.8. The normalized spacial score (nSPS) is 12.3. The highest BCUT2D eigenvalue weighted by Gasteiger charge is 2.35. The van der Waals surface area contributed by atoms with Gasteiger partial charge in [0, 0.05) is 28.5 Å². The Hall–Kier alpha value is -3.85. The average molecular weight is 653 g/mol. The van der Waals surface area contributed by atoms with Gasteiger partial charge in [0.05, 0.1) is 10.6 Å². The maximum Gasteiger partial charge on any atom is 0.264 e. The van der Waals surface area contributed by atoms with E-state index in [1.807, 2.05) is 51.1 Å². The summed E-state index contributed by atoms with van der Waals surface area (Å²) in [5.41, 5.74) is 1.26. The third-order valence-corrected chi connectivity index (χ3v) is 9.05. The summed E-state index contributed by atoms with van der Waals surface area (Å²) >= 11 is 12.2. The minimum Gasteiger partial charge on any atom is -0.350 e. The van der Waals surface area contributed by atoms with Crippen LogP contribution in [0.1, 0.15) is 31.9 Å². The minimum atomic E-state index is -4.18. The van der Waals surface area contributed by atoms with Crippen molar-refractivity contribution < 1.29 is 18.0 Å². The van der Waals surface area contributed by atoms with Crippen LogP contribution in [0.15, 0.2) is 114 Å². The van der Waals surface area contributed by atoms with E-state index in [0.29, 0.717) is 10.0 Å². The number of amides is 2. The molecule has 0 aliphatic heterocycles. The lowest BCUT2D eigenvalue weighted by atomic mass is 10.0. The Morgan fingerprint density at radius 1 is 0.750 bits per heavy atom. The lowest BCUT2D eigenvalue weighted by Gasteiger charge is -2.35. The number of nitrogens with one attached hydrogen (secondary N) is 1. The summed E-state index contributed by atoms with van der Waals surface area (Å²) in [6.07, 6.45) is 0.217. The van der Waals surface area contributed by atoms with Crippen molar-refractivity contribution in [3.8, 4) is 0 Å². The summed E-state index contributed by atoms with van der Waals surface area (Å²) < 4.78 is 29.0. The standard InChI is InChI=1S/C34H35Cl2N3O4S/c1-34(2,3)37-33(41)31(22-25-10-6-4-7-11-25)38(23-26-14-16-27(35)17-15-26)32(40)24-39(29-20-18-28(36)19-21-29)44(42,43)30-12-8-5-9-13-30/h4-21,31H,22-24H2,1-3H3,(H,37,41)/t31-/m0/s1. The molecule has 0 unspecified atom stereocenters. The van der Waals surface area contributed by atoms with Gasteiger partial charge in [-0.25, -0.2) is 8.42 Å². The molecular formula is C34H35Cl2N3O4S. The molecule has 0 spiro atoms. The van der Waals surface area contributed by atoms with Gasteiger partial charge in [0.1, 0.15) is 12.6 Å². The molecule has 230 valence electrons. The Bertz CT molecular complexity index is 1660. The third kappa shape index (κ3) is 8.85. The first-order valence-electron chi connectivity index (χ1n) is 14.1. The second kappa shape index (κ2) is 14.3. The van der Waals surface area contributed by atoms with Crippen LogP contribution in [0.3, 0.4) is 0 Å². The lowest BCUT2D eigenvalue weighted by molar-refractivity contribution is -0.140. The number of carbonyl (C=O) groups excluding carboxylic acids is 2. The van der Waals surface area contributed by atoms with Gasteiger partial charge in [-0.05, 0) is 80.4 Å². The molecule has 44 heavy (non-hydrogen) atoms. The van der Waals surface area contributed by atoms with E-state index in [1.54, 1.807) is 66.7 Å². The SMILES string of the molecule is CC(C)(C)NC(=O)[C@H](Cc1ccccc1)N(Cc1ccc(Cl)cc1)C(=O)CN(c1ccc(Cl)cc1)S(=O)(=O)c1ccccc1. The molecule has 0 bridgehead atoms. The molecule has 0 aliphatic carbocycles. The van der Waals surface area contributed by atoms with E-state index in [2.05, 4.69) is 5.32 Å². The Kier molecular flexibility index (Phi) is 10.7. The molecule has 1 N–H and O–H groups in total. The Labute approximate surface area is 269 Å². The van der Waals surface area contributed by atoms with E-state index >= 15 is 0 Å². The zero-order chi connectivity index (χ0) is 31.9. The summed E-state index contributed by atoms with van der Waals surface area (Å²) in [4.78, 5) is 29.8.